The van der Waals surface area contributed by atoms with Crippen molar-refractivity contribution in [1.29, 1.82) is 0 Å². The van der Waals surface area contributed by atoms with Crippen LogP contribution in [0.15, 0.2) is 48.5 Å². The van der Waals surface area contributed by atoms with E-state index >= 15 is 0 Å². The average Bonchev–Trinajstić information content (AvgIpc) is 2.47. The van der Waals surface area contributed by atoms with Crippen molar-refractivity contribution in [3.05, 3.63) is 59.7 Å². The quantitative estimate of drug-likeness (QED) is 0.889. The lowest BCUT2D eigenvalue weighted by Gasteiger charge is -2.15. The van der Waals surface area contributed by atoms with Gasteiger partial charge in [0, 0.05) is 5.69 Å². The van der Waals surface area contributed by atoms with Crippen LogP contribution < -0.4 is 10.1 Å². The minimum Gasteiger partial charge on any atom is -0.481 e. The van der Waals surface area contributed by atoms with Crippen LogP contribution >= 0.6 is 0 Å². The Kier molecular flexibility index (Phi) is 4.78. The van der Waals surface area contributed by atoms with Crippen LogP contribution in [0.4, 0.5) is 5.69 Å². The summed E-state index contributed by atoms with van der Waals surface area (Å²) in [4.78, 5) is 22.8. The second-order valence-electron chi connectivity index (χ2n) is 4.95. The van der Waals surface area contributed by atoms with Gasteiger partial charge in [-0.2, -0.15) is 0 Å². The van der Waals surface area contributed by atoms with Crippen LogP contribution in [0.25, 0.3) is 0 Å². The maximum atomic E-state index is 12.1. The van der Waals surface area contributed by atoms with Gasteiger partial charge in [-0.25, -0.2) is 4.79 Å². The molecule has 2 aromatic rings. The first-order chi connectivity index (χ1) is 10.5. The van der Waals surface area contributed by atoms with Gasteiger partial charge in [0.1, 0.15) is 5.75 Å². The Balaban J connectivity index is 1.97. The molecule has 0 saturated carbocycles. The third-order valence-corrected chi connectivity index (χ3v) is 3.07. The summed E-state index contributed by atoms with van der Waals surface area (Å²) in [6.45, 7) is 3.60. The number of benzene rings is 2. The molecule has 0 bridgehead atoms. The predicted octanol–water partition coefficient (Wildman–Crippen LogP) is 3.10. The standard InChI is InChI=1S/C17H17NO4/c1-11-4-3-5-15(10-11)22-12(2)16(19)18-14-8-6-13(7-9-14)17(20)21/h3-10,12H,1-2H3,(H,18,19)(H,20,21)/t12-/m0/s1. The van der Waals surface area contributed by atoms with Crippen molar-refractivity contribution < 1.29 is 19.4 Å². The van der Waals surface area contributed by atoms with Gasteiger partial charge in [0.25, 0.3) is 5.91 Å². The number of carbonyl (C=O) groups is 2. The molecular formula is C17H17NO4. The van der Waals surface area contributed by atoms with Crippen LogP contribution in [-0.2, 0) is 4.79 Å². The van der Waals surface area contributed by atoms with E-state index < -0.39 is 12.1 Å². The van der Waals surface area contributed by atoms with Gasteiger partial charge >= 0.3 is 5.97 Å². The van der Waals surface area contributed by atoms with Crippen molar-refractivity contribution >= 4 is 17.6 Å². The fraction of sp³-hybridized carbons (Fsp3) is 0.176. The Morgan fingerprint density at radius 2 is 1.82 bits per heavy atom. The lowest BCUT2D eigenvalue weighted by molar-refractivity contribution is -0.122. The van der Waals surface area contributed by atoms with Gasteiger partial charge in [0.15, 0.2) is 6.10 Å². The van der Waals surface area contributed by atoms with E-state index in [-0.39, 0.29) is 11.5 Å². The van der Waals surface area contributed by atoms with Crippen molar-refractivity contribution in [1.82, 2.24) is 0 Å². The highest BCUT2D eigenvalue weighted by atomic mass is 16.5. The number of ether oxygens (including phenoxy) is 1. The van der Waals surface area contributed by atoms with E-state index in [0.717, 1.165) is 5.56 Å². The van der Waals surface area contributed by atoms with Crippen LogP contribution in [0.5, 0.6) is 5.75 Å². The van der Waals surface area contributed by atoms with E-state index in [1.54, 1.807) is 25.1 Å². The van der Waals surface area contributed by atoms with Crippen LogP contribution in [0.2, 0.25) is 0 Å². The monoisotopic (exact) mass is 299 g/mol. The molecule has 114 valence electrons. The lowest BCUT2D eigenvalue weighted by atomic mass is 10.2. The second-order valence-corrected chi connectivity index (χ2v) is 4.95. The number of carboxylic acid groups (broad SMARTS) is 1. The second kappa shape index (κ2) is 6.76. The summed E-state index contributed by atoms with van der Waals surface area (Å²) in [6, 6.07) is 13.4. The number of rotatable bonds is 5. The molecule has 5 nitrogen and oxygen atoms in total. The molecule has 1 atom stereocenters. The Morgan fingerprint density at radius 1 is 1.14 bits per heavy atom. The fourth-order valence-electron chi connectivity index (χ4n) is 1.89. The molecule has 2 N–H and O–H groups in total. The summed E-state index contributed by atoms with van der Waals surface area (Å²) in [6.07, 6.45) is -0.666. The number of aromatic carboxylic acids is 1. The highest BCUT2D eigenvalue weighted by molar-refractivity contribution is 5.95. The molecule has 22 heavy (non-hydrogen) atoms. The Labute approximate surface area is 128 Å². The highest BCUT2D eigenvalue weighted by Crippen LogP contribution is 2.15. The third-order valence-electron chi connectivity index (χ3n) is 3.07. The number of anilines is 1. The Hall–Kier alpha value is -2.82. The number of aryl methyl sites for hydroxylation is 1. The molecule has 1 amide bonds. The van der Waals surface area contributed by atoms with E-state index in [0.29, 0.717) is 11.4 Å². The summed E-state index contributed by atoms with van der Waals surface area (Å²) in [5, 5.41) is 11.5. The molecule has 0 saturated heterocycles. The SMILES string of the molecule is Cc1cccc(O[C@@H](C)C(=O)Nc2ccc(C(=O)O)cc2)c1. The minimum atomic E-state index is -1.01. The molecule has 0 spiro atoms. The predicted molar refractivity (Wildman–Crippen MR) is 83.3 cm³/mol. The van der Waals surface area contributed by atoms with Crippen LogP contribution in [0, 0.1) is 6.92 Å². The van der Waals surface area contributed by atoms with Crippen LogP contribution in [-0.4, -0.2) is 23.1 Å². The van der Waals surface area contributed by atoms with Gasteiger partial charge in [-0.15, -0.1) is 0 Å². The largest absolute Gasteiger partial charge is 0.481 e. The third kappa shape index (κ3) is 4.09. The molecule has 0 fully saturated rings. The summed E-state index contributed by atoms with van der Waals surface area (Å²) < 4.78 is 5.58. The van der Waals surface area contributed by atoms with E-state index in [9.17, 15) is 9.59 Å². The van der Waals surface area contributed by atoms with Crippen LogP contribution in [0.1, 0.15) is 22.8 Å². The van der Waals surface area contributed by atoms with Gasteiger partial charge in [0.2, 0.25) is 0 Å². The zero-order chi connectivity index (χ0) is 16.1. The van der Waals surface area contributed by atoms with Gasteiger partial charge < -0.3 is 15.2 Å². The molecule has 0 radical (unpaired) electrons. The first-order valence-corrected chi connectivity index (χ1v) is 6.83. The first-order valence-electron chi connectivity index (χ1n) is 6.83. The van der Waals surface area contributed by atoms with Gasteiger partial charge in [-0.3, -0.25) is 4.79 Å². The first kappa shape index (κ1) is 15.6. The molecule has 5 heteroatoms. The number of carboxylic acids is 1. The van der Waals surface area contributed by atoms with Gasteiger partial charge in [-0.05, 0) is 55.8 Å². The van der Waals surface area contributed by atoms with Crippen molar-refractivity contribution in [2.45, 2.75) is 20.0 Å². The summed E-state index contributed by atoms with van der Waals surface area (Å²) in [7, 11) is 0. The molecule has 0 heterocycles. The topological polar surface area (TPSA) is 75.6 Å². The van der Waals surface area contributed by atoms with E-state index in [1.807, 2.05) is 25.1 Å². The number of nitrogens with one attached hydrogen (secondary N) is 1. The van der Waals surface area contributed by atoms with Crippen LogP contribution in [0.3, 0.4) is 0 Å². The fourth-order valence-corrected chi connectivity index (χ4v) is 1.89. The average molecular weight is 299 g/mol. The van der Waals surface area contributed by atoms with E-state index in [1.165, 1.54) is 12.1 Å². The van der Waals surface area contributed by atoms with E-state index in [2.05, 4.69) is 5.32 Å². The van der Waals surface area contributed by atoms with Gasteiger partial charge in [0.05, 0.1) is 5.56 Å². The lowest BCUT2D eigenvalue weighted by Crippen LogP contribution is -2.30. The number of hydrogen-bond acceptors (Lipinski definition) is 3. The van der Waals surface area contributed by atoms with Crippen molar-refractivity contribution in [2.75, 3.05) is 5.32 Å². The highest BCUT2D eigenvalue weighted by Gasteiger charge is 2.15. The zero-order valence-electron chi connectivity index (χ0n) is 12.4. The normalized spacial score (nSPS) is 11.5. The molecule has 0 unspecified atom stereocenters. The zero-order valence-corrected chi connectivity index (χ0v) is 12.4. The van der Waals surface area contributed by atoms with Crippen molar-refractivity contribution in [2.24, 2.45) is 0 Å². The Morgan fingerprint density at radius 3 is 2.41 bits per heavy atom. The summed E-state index contributed by atoms with van der Waals surface area (Å²) in [5.41, 5.74) is 1.74. The number of carbonyl (C=O) groups excluding carboxylic acids is 1. The van der Waals surface area contributed by atoms with Crippen molar-refractivity contribution in [3.63, 3.8) is 0 Å². The van der Waals surface area contributed by atoms with Gasteiger partial charge in [-0.1, -0.05) is 12.1 Å². The minimum absolute atomic E-state index is 0.169. The Bertz CT molecular complexity index is 679. The molecule has 2 rings (SSSR count). The van der Waals surface area contributed by atoms with Crippen molar-refractivity contribution in [3.8, 4) is 5.75 Å². The smallest absolute Gasteiger partial charge is 0.335 e. The number of hydrogen-bond donors (Lipinski definition) is 2. The van der Waals surface area contributed by atoms with E-state index in [4.69, 9.17) is 9.84 Å². The molecule has 0 aliphatic carbocycles. The maximum Gasteiger partial charge on any atom is 0.335 e. The molecule has 0 aromatic heterocycles. The summed E-state index contributed by atoms with van der Waals surface area (Å²) >= 11 is 0. The molecule has 0 aliphatic rings. The molecule has 0 aliphatic heterocycles. The maximum absolute atomic E-state index is 12.1. The number of amides is 1. The molecule has 2 aromatic carbocycles. The summed E-state index contributed by atoms with van der Waals surface area (Å²) in [5.74, 6) is -0.678. The molecular weight excluding hydrogens is 282 g/mol.